The van der Waals surface area contributed by atoms with Crippen molar-refractivity contribution in [3.63, 3.8) is 0 Å². The average Bonchev–Trinajstić information content (AvgIpc) is 2.43. The minimum absolute atomic E-state index is 0.0138. The highest BCUT2D eigenvalue weighted by Gasteiger charge is 2.41. The zero-order valence-corrected chi connectivity index (χ0v) is 12.2. The Morgan fingerprint density at radius 2 is 2.05 bits per heavy atom. The van der Waals surface area contributed by atoms with Crippen molar-refractivity contribution in [2.45, 2.75) is 58.2 Å². The molecule has 19 heavy (non-hydrogen) atoms. The van der Waals surface area contributed by atoms with Gasteiger partial charge in [0.05, 0.1) is 0 Å². The molecule has 108 valence electrons. The molecule has 2 saturated heterocycles. The minimum atomic E-state index is -0.336. The summed E-state index contributed by atoms with van der Waals surface area (Å²) >= 11 is 0. The Bertz CT molecular complexity index is 359. The van der Waals surface area contributed by atoms with Crippen LogP contribution in [0.5, 0.6) is 0 Å². The van der Waals surface area contributed by atoms with Crippen LogP contribution in [0.1, 0.15) is 40.0 Å². The Morgan fingerprint density at radius 3 is 2.68 bits per heavy atom. The van der Waals surface area contributed by atoms with Crippen LogP contribution in [0.25, 0.3) is 0 Å². The van der Waals surface area contributed by atoms with Crippen molar-refractivity contribution < 1.29 is 9.59 Å². The highest BCUT2D eigenvalue weighted by molar-refractivity contribution is 5.96. The van der Waals surface area contributed by atoms with Gasteiger partial charge in [-0.05, 0) is 39.3 Å². The van der Waals surface area contributed by atoms with E-state index in [4.69, 9.17) is 0 Å². The number of hydrogen-bond donors (Lipinski definition) is 1. The Labute approximate surface area is 115 Å². The van der Waals surface area contributed by atoms with Crippen molar-refractivity contribution in [3.8, 4) is 0 Å². The molecule has 2 aliphatic heterocycles. The zero-order valence-electron chi connectivity index (χ0n) is 12.2. The van der Waals surface area contributed by atoms with Crippen LogP contribution in [-0.4, -0.2) is 59.4 Å². The van der Waals surface area contributed by atoms with Gasteiger partial charge in [-0.2, -0.15) is 0 Å². The summed E-state index contributed by atoms with van der Waals surface area (Å²) in [6.45, 7) is 8.94. The smallest absolute Gasteiger partial charge is 0.246 e. The Morgan fingerprint density at radius 1 is 1.32 bits per heavy atom. The SMILES string of the molecule is CCC1NC(=O)C(C)N(C2CCCN(CC)C2)C1=O. The molecule has 2 fully saturated rings. The molecule has 5 heteroatoms. The molecular formula is C14H25N3O2. The van der Waals surface area contributed by atoms with E-state index >= 15 is 0 Å². The van der Waals surface area contributed by atoms with Crippen LogP contribution in [0.15, 0.2) is 0 Å². The number of piperidine rings is 1. The van der Waals surface area contributed by atoms with E-state index in [1.807, 2.05) is 18.7 Å². The molecule has 0 spiro atoms. The number of nitrogens with zero attached hydrogens (tertiary/aromatic N) is 2. The quantitative estimate of drug-likeness (QED) is 0.814. The predicted octanol–water partition coefficient (Wildman–Crippen LogP) is 0.596. The second-order valence-electron chi connectivity index (χ2n) is 5.58. The second kappa shape index (κ2) is 5.90. The second-order valence-corrected chi connectivity index (χ2v) is 5.58. The van der Waals surface area contributed by atoms with Crippen LogP contribution >= 0.6 is 0 Å². The number of likely N-dealkylation sites (N-methyl/N-ethyl adjacent to an activating group) is 1. The number of nitrogens with one attached hydrogen (secondary N) is 1. The lowest BCUT2D eigenvalue weighted by atomic mass is 9.98. The van der Waals surface area contributed by atoms with Gasteiger partial charge < -0.3 is 15.1 Å². The lowest BCUT2D eigenvalue weighted by Gasteiger charge is -2.45. The summed E-state index contributed by atoms with van der Waals surface area (Å²) in [5.74, 6) is 0.0811. The molecular weight excluding hydrogens is 242 g/mol. The van der Waals surface area contributed by atoms with Crippen molar-refractivity contribution in [1.29, 1.82) is 0 Å². The minimum Gasteiger partial charge on any atom is -0.343 e. The van der Waals surface area contributed by atoms with E-state index in [0.29, 0.717) is 6.42 Å². The van der Waals surface area contributed by atoms with Gasteiger partial charge in [0.2, 0.25) is 11.8 Å². The first kappa shape index (κ1) is 14.3. The molecule has 3 atom stereocenters. The van der Waals surface area contributed by atoms with E-state index < -0.39 is 0 Å². The third-order valence-electron chi connectivity index (χ3n) is 4.40. The van der Waals surface area contributed by atoms with Crippen molar-refractivity contribution in [2.24, 2.45) is 0 Å². The first-order valence-corrected chi connectivity index (χ1v) is 7.43. The fourth-order valence-corrected chi connectivity index (χ4v) is 3.17. The van der Waals surface area contributed by atoms with Gasteiger partial charge in [-0.25, -0.2) is 0 Å². The molecule has 0 aromatic heterocycles. The molecule has 3 unspecified atom stereocenters. The number of amides is 2. The fraction of sp³-hybridized carbons (Fsp3) is 0.857. The third-order valence-corrected chi connectivity index (χ3v) is 4.40. The lowest BCUT2D eigenvalue weighted by molar-refractivity contribution is -0.152. The first-order chi connectivity index (χ1) is 9.08. The van der Waals surface area contributed by atoms with Crippen LogP contribution in [0, 0.1) is 0 Å². The van der Waals surface area contributed by atoms with Crippen LogP contribution in [0.4, 0.5) is 0 Å². The molecule has 2 amide bonds. The Balaban J connectivity index is 2.15. The maximum absolute atomic E-state index is 12.5. The average molecular weight is 267 g/mol. The molecule has 0 radical (unpaired) electrons. The summed E-state index contributed by atoms with van der Waals surface area (Å²) in [4.78, 5) is 28.7. The van der Waals surface area contributed by atoms with Crippen molar-refractivity contribution in [3.05, 3.63) is 0 Å². The van der Waals surface area contributed by atoms with E-state index in [-0.39, 0.29) is 29.9 Å². The zero-order chi connectivity index (χ0) is 14.0. The molecule has 0 aliphatic carbocycles. The maximum Gasteiger partial charge on any atom is 0.246 e. The standard InChI is InChI=1S/C14H25N3O2/c1-4-12-14(19)17(10(3)13(18)15-12)11-7-6-8-16(5-2)9-11/h10-12H,4-9H2,1-3H3,(H,15,18). The van der Waals surface area contributed by atoms with E-state index in [0.717, 1.165) is 32.5 Å². The largest absolute Gasteiger partial charge is 0.343 e. The summed E-state index contributed by atoms with van der Waals surface area (Å²) in [5.41, 5.74) is 0. The molecule has 0 bridgehead atoms. The summed E-state index contributed by atoms with van der Waals surface area (Å²) in [6.07, 6.45) is 2.78. The number of carbonyl (C=O) groups is 2. The highest BCUT2D eigenvalue weighted by atomic mass is 16.2. The van der Waals surface area contributed by atoms with Gasteiger partial charge in [-0.15, -0.1) is 0 Å². The molecule has 5 nitrogen and oxygen atoms in total. The first-order valence-electron chi connectivity index (χ1n) is 7.43. The molecule has 2 heterocycles. The Hall–Kier alpha value is -1.10. The van der Waals surface area contributed by atoms with E-state index in [9.17, 15) is 9.59 Å². The van der Waals surface area contributed by atoms with Gasteiger partial charge in [0.25, 0.3) is 0 Å². The van der Waals surface area contributed by atoms with Gasteiger partial charge in [0.1, 0.15) is 12.1 Å². The highest BCUT2D eigenvalue weighted by Crippen LogP contribution is 2.22. The normalized spacial score (nSPS) is 33.4. The van der Waals surface area contributed by atoms with Gasteiger partial charge in [0, 0.05) is 12.6 Å². The monoisotopic (exact) mass is 267 g/mol. The van der Waals surface area contributed by atoms with Crippen molar-refractivity contribution >= 4 is 11.8 Å². The number of piperazine rings is 1. The summed E-state index contributed by atoms with van der Waals surface area (Å²) in [7, 11) is 0. The third kappa shape index (κ3) is 2.76. The van der Waals surface area contributed by atoms with Crippen LogP contribution < -0.4 is 5.32 Å². The summed E-state index contributed by atoms with van der Waals surface area (Å²) < 4.78 is 0. The van der Waals surface area contributed by atoms with Gasteiger partial charge in [-0.1, -0.05) is 13.8 Å². The number of rotatable bonds is 3. The fourth-order valence-electron chi connectivity index (χ4n) is 3.17. The summed E-state index contributed by atoms with van der Waals surface area (Å²) in [5, 5.41) is 2.82. The molecule has 0 aromatic rings. The molecule has 0 saturated carbocycles. The number of hydrogen-bond acceptors (Lipinski definition) is 3. The number of likely N-dealkylation sites (tertiary alicyclic amines) is 1. The van der Waals surface area contributed by atoms with E-state index in [2.05, 4.69) is 17.1 Å². The predicted molar refractivity (Wildman–Crippen MR) is 73.7 cm³/mol. The van der Waals surface area contributed by atoms with E-state index in [1.54, 1.807) is 0 Å². The van der Waals surface area contributed by atoms with Crippen molar-refractivity contribution in [1.82, 2.24) is 15.1 Å². The van der Waals surface area contributed by atoms with Gasteiger partial charge in [-0.3, -0.25) is 9.59 Å². The van der Waals surface area contributed by atoms with Crippen LogP contribution in [0.3, 0.4) is 0 Å². The van der Waals surface area contributed by atoms with Gasteiger partial charge >= 0.3 is 0 Å². The maximum atomic E-state index is 12.5. The molecule has 0 aromatic carbocycles. The van der Waals surface area contributed by atoms with Gasteiger partial charge in [0.15, 0.2) is 0 Å². The molecule has 1 N–H and O–H groups in total. The summed E-state index contributed by atoms with van der Waals surface area (Å²) in [6, 6.07) is -0.478. The topological polar surface area (TPSA) is 52.7 Å². The Kier molecular flexibility index (Phi) is 4.45. The number of carbonyl (C=O) groups excluding carboxylic acids is 2. The lowest BCUT2D eigenvalue weighted by Crippen LogP contribution is -2.66. The van der Waals surface area contributed by atoms with Crippen LogP contribution in [0.2, 0.25) is 0 Å². The van der Waals surface area contributed by atoms with E-state index in [1.165, 1.54) is 0 Å². The van der Waals surface area contributed by atoms with Crippen LogP contribution in [-0.2, 0) is 9.59 Å². The molecule has 2 rings (SSSR count). The molecule has 2 aliphatic rings. The van der Waals surface area contributed by atoms with Crippen molar-refractivity contribution in [2.75, 3.05) is 19.6 Å².